The largest absolute Gasteiger partial charge is 0.522 e. The van der Waals surface area contributed by atoms with Gasteiger partial charge in [-0.25, -0.2) is 0 Å². The normalized spacial score (nSPS) is 19.5. The summed E-state index contributed by atoms with van der Waals surface area (Å²) in [6.07, 6.45) is -2.70. The average molecular weight is 508 g/mol. The molecule has 1 aliphatic carbocycles. The number of rotatable bonds is 11. The van der Waals surface area contributed by atoms with Crippen LogP contribution in [0.15, 0.2) is 30.3 Å². The van der Waals surface area contributed by atoms with E-state index in [1.165, 1.54) is 0 Å². The number of hydrogen-bond donors (Lipinski definition) is 4. The summed E-state index contributed by atoms with van der Waals surface area (Å²) in [5, 5.41) is 8.58. The van der Waals surface area contributed by atoms with Crippen LogP contribution in [0.3, 0.4) is 0 Å². The van der Waals surface area contributed by atoms with Crippen molar-refractivity contribution in [3.05, 3.63) is 36.0 Å². The number of benzene rings is 1. The van der Waals surface area contributed by atoms with E-state index in [0.29, 0.717) is 19.4 Å². The number of nitrogens with one attached hydrogen (secondary N) is 4. The molecule has 2 aliphatic rings. The van der Waals surface area contributed by atoms with Gasteiger partial charge >= 0.3 is 6.36 Å². The number of fused-ring (bicyclic) bond motifs is 1. The van der Waals surface area contributed by atoms with E-state index < -0.39 is 48.6 Å². The lowest BCUT2D eigenvalue weighted by molar-refractivity contribution is -0.321. The van der Waals surface area contributed by atoms with Gasteiger partial charge in [0.1, 0.15) is 18.3 Å². The molecule has 9 nitrogen and oxygen atoms in total. The highest BCUT2D eigenvalue weighted by molar-refractivity contribution is 6.01. The Hall–Kier alpha value is -3.41. The Morgan fingerprint density at radius 1 is 1.06 bits per heavy atom. The monoisotopic (exact) mass is 508 g/mol. The van der Waals surface area contributed by atoms with Crippen molar-refractivity contribution in [2.24, 2.45) is 11.8 Å². The van der Waals surface area contributed by atoms with Crippen molar-refractivity contribution in [2.75, 3.05) is 13.2 Å². The summed E-state index contributed by atoms with van der Waals surface area (Å²) in [5.41, 5.74) is 0.995. The van der Waals surface area contributed by atoms with Gasteiger partial charge in [0, 0.05) is 23.4 Å². The summed E-state index contributed by atoms with van der Waals surface area (Å²) < 4.78 is 41.1. The van der Waals surface area contributed by atoms with E-state index in [-0.39, 0.29) is 23.9 Å². The minimum atomic E-state index is -5.02. The minimum absolute atomic E-state index is 0.163. The summed E-state index contributed by atoms with van der Waals surface area (Å²) >= 11 is 0. The Labute approximate surface area is 204 Å². The SMILES string of the molecule is O=C(N[C@@H](CC1CC1)C(=O)N[C@@H](C[C@@H]1CCNC1=O)C(=O)COC(F)(F)F)c1cc2ccccc2[nH]1. The van der Waals surface area contributed by atoms with Crippen molar-refractivity contribution in [3.63, 3.8) is 0 Å². The van der Waals surface area contributed by atoms with Gasteiger partial charge in [0.25, 0.3) is 5.91 Å². The zero-order chi connectivity index (χ0) is 25.9. The number of carbonyl (C=O) groups is 4. The van der Waals surface area contributed by atoms with Crippen LogP contribution in [-0.2, 0) is 19.1 Å². The Kier molecular flexibility index (Phi) is 7.62. The Bertz CT molecular complexity index is 1110. The Morgan fingerprint density at radius 2 is 1.81 bits per heavy atom. The maximum Gasteiger partial charge on any atom is 0.522 e. The number of aromatic nitrogens is 1. The van der Waals surface area contributed by atoms with E-state index in [0.717, 1.165) is 23.7 Å². The first-order valence-electron chi connectivity index (χ1n) is 11.8. The third kappa shape index (κ3) is 6.84. The molecule has 1 aliphatic heterocycles. The number of Topliss-reactive ketones (excluding diaryl/α,β-unsaturated/α-hetero) is 1. The second-order valence-electron chi connectivity index (χ2n) is 9.25. The molecule has 0 radical (unpaired) electrons. The van der Waals surface area contributed by atoms with Gasteiger partial charge in [-0.15, -0.1) is 13.2 Å². The molecule has 2 fully saturated rings. The average Bonchev–Trinajstić information content (AvgIpc) is 3.38. The number of H-pyrrole nitrogens is 1. The topological polar surface area (TPSA) is 129 Å². The summed E-state index contributed by atoms with van der Waals surface area (Å²) in [4.78, 5) is 53.6. The van der Waals surface area contributed by atoms with E-state index in [4.69, 9.17) is 0 Å². The molecule has 4 N–H and O–H groups in total. The number of ether oxygens (including phenoxy) is 1. The van der Waals surface area contributed by atoms with Gasteiger partial charge in [-0.2, -0.15) is 0 Å². The lowest BCUT2D eigenvalue weighted by Gasteiger charge is -2.24. The molecule has 194 valence electrons. The lowest BCUT2D eigenvalue weighted by Crippen LogP contribution is -2.53. The number of ketones is 1. The van der Waals surface area contributed by atoms with Gasteiger partial charge in [-0.3, -0.25) is 23.9 Å². The van der Waals surface area contributed by atoms with Crippen LogP contribution in [0.5, 0.6) is 0 Å². The molecule has 4 rings (SSSR count). The number of halogens is 3. The van der Waals surface area contributed by atoms with Crippen LogP contribution in [0.1, 0.15) is 42.6 Å². The molecule has 0 bridgehead atoms. The van der Waals surface area contributed by atoms with Gasteiger partial charge in [0.15, 0.2) is 5.78 Å². The minimum Gasteiger partial charge on any atom is -0.356 e. The molecular formula is C24H27F3N4O5. The molecule has 2 heterocycles. The van der Waals surface area contributed by atoms with Crippen LogP contribution in [-0.4, -0.2) is 60.1 Å². The van der Waals surface area contributed by atoms with E-state index in [1.54, 1.807) is 12.1 Å². The maximum absolute atomic E-state index is 13.2. The fraction of sp³-hybridized carbons (Fsp3) is 0.500. The molecule has 2 aromatic rings. The van der Waals surface area contributed by atoms with Crippen LogP contribution in [0, 0.1) is 11.8 Å². The van der Waals surface area contributed by atoms with Crippen molar-refractivity contribution in [2.45, 2.75) is 50.6 Å². The van der Waals surface area contributed by atoms with Crippen LogP contribution >= 0.6 is 0 Å². The van der Waals surface area contributed by atoms with Crippen LogP contribution in [0.2, 0.25) is 0 Å². The van der Waals surface area contributed by atoms with Crippen molar-refractivity contribution < 1.29 is 37.1 Å². The van der Waals surface area contributed by atoms with Crippen molar-refractivity contribution >= 4 is 34.4 Å². The van der Waals surface area contributed by atoms with E-state index >= 15 is 0 Å². The predicted octanol–water partition coefficient (Wildman–Crippen LogP) is 2.18. The van der Waals surface area contributed by atoms with Gasteiger partial charge in [0.05, 0.1) is 6.04 Å². The number of aromatic amines is 1. The standard InChI is InChI=1S/C24H27F3N4O5/c25-24(26,27)36-12-20(32)17(11-15-7-8-28-21(15)33)30-22(34)18(9-13-5-6-13)31-23(35)19-10-14-3-1-2-4-16(14)29-19/h1-4,10,13,15,17-18,29H,5-9,11-12H2,(H,28,33)(H,30,34)(H,31,35)/t15-,17-,18-/m0/s1. The number of alkyl halides is 3. The Balaban J connectivity index is 1.46. The van der Waals surface area contributed by atoms with E-state index in [1.807, 2.05) is 18.2 Å². The molecule has 3 atom stereocenters. The molecule has 36 heavy (non-hydrogen) atoms. The summed E-state index contributed by atoms with van der Waals surface area (Å²) in [6.45, 7) is -0.917. The second-order valence-corrected chi connectivity index (χ2v) is 9.25. The highest BCUT2D eigenvalue weighted by Gasteiger charge is 2.37. The molecular weight excluding hydrogens is 481 g/mol. The predicted molar refractivity (Wildman–Crippen MR) is 122 cm³/mol. The van der Waals surface area contributed by atoms with Crippen LogP contribution in [0.25, 0.3) is 10.9 Å². The molecule has 0 unspecified atom stereocenters. The maximum atomic E-state index is 13.2. The zero-order valence-corrected chi connectivity index (χ0v) is 19.3. The number of amides is 3. The number of hydrogen-bond acceptors (Lipinski definition) is 5. The smallest absolute Gasteiger partial charge is 0.356 e. The highest BCUT2D eigenvalue weighted by atomic mass is 19.4. The first-order valence-corrected chi connectivity index (χ1v) is 11.8. The van der Waals surface area contributed by atoms with Crippen LogP contribution in [0.4, 0.5) is 13.2 Å². The van der Waals surface area contributed by atoms with E-state index in [9.17, 15) is 32.3 Å². The number of carbonyl (C=O) groups excluding carboxylic acids is 4. The fourth-order valence-corrected chi connectivity index (χ4v) is 4.30. The number of para-hydroxylation sites is 1. The molecule has 0 spiro atoms. The zero-order valence-electron chi connectivity index (χ0n) is 19.3. The van der Waals surface area contributed by atoms with Crippen molar-refractivity contribution in [3.8, 4) is 0 Å². The molecule has 1 aromatic carbocycles. The molecule has 1 aromatic heterocycles. The molecule has 3 amide bonds. The summed E-state index contributed by atoms with van der Waals surface area (Å²) in [5.74, 6) is -2.98. The molecule has 12 heteroatoms. The third-order valence-electron chi connectivity index (χ3n) is 6.43. The quantitative estimate of drug-likeness (QED) is 0.370. The molecule has 1 saturated carbocycles. The van der Waals surface area contributed by atoms with Gasteiger partial charge in [-0.1, -0.05) is 31.0 Å². The molecule has 1 saturated heterocycles. The second kappa shape index (κ2) is 10.7. The van der Waals surface area contributed by atoms with Crippen molar-refractivity contribution in [1.29, 1.82) is 0 Å². The Morgan fingerprint density at radius 3 is 2.44 bits per heavy atom. The van der Waals surface area contributed by atoms with Crippen LogP contribution < -0.4 is 16.0 Å². The van der Waals surface area contributed by atoms with Gasteiger partial charge in [0.2, 0.25) is 11.8 Å². The van der Waals surface area contributed by atoms with Gasteiger partial charge in [-0.05, 0) is 37.3 Å². The third-order valence-corrected chi connectivity index (χ3v) is 6.43. The van der Waals surface area contributed by atoms with Gasteiger partial charge < -0.3 is 20.9 Å². The van der Waals surface area contributed by atoms with Crippen molar-refractivity contribution in [1.82, 2.24) is 20.9 Å². The summed E-state index contributed by atoms with van der Waals surface area (Å²) in [7, 11) is 0. The first-order chi connectivity index (χ1) is 17.1. The lowest BCUT2D eigenvalue weighted by atomic mass is 9.95. The highest BCUT2D eigenvalue weighted by Crippen LogP contribution is 2.33. The van der Waals surface area contributed by atoms with E-state index in [2.05, 4.69) is 25.7 Å². The fourth-order valence-electron chi connectivity index (χ4n) is 4.30. The first kappa shape index (κ1) is 25.7. The summed E-state index contributed by atoms with van der Waals surface area (Å²) in [6, 6.07) is 6.54.